The number of anilines is 2. The molecule has 0 saturated carbocycles. The van der Waals surface area contributed by atoms with Crippen LogP contribution >= 0.6 is 11.6 Å². The second-order valence-electron chi connectivity index (χ2n) is 6.74. The van der Waals surface area contributed by atoms with Crippen LogP contribution in [0.3, 0.4) is 0 Å². The van der Waals surface area contributed by atoms with Gasteiger partial charge in [0.25, 0.3) is 0 Å². The fourth-order valence-electron chi connectivity index (χ4n) is 3.27. The van der Waals surface area contributed by atoms with Gasteiger partial charge in [0, 0.05) is 41.9 Å². The van der Waals surface area contributed by atoms with Crippen molar-refractivity contribution >= 4 is 29.1 Å². The van der Waals surface area contributed by atoms with Crippen LogP contribution in [0.1, 0.15) is 6.92 Å². The van der Waals surface area contributed by atoms with Crippen molar-refractivity contribution in [2.75, 3.05) is 19.1 Å². The Balaban J connectivity index is 1.95. The van der Waals surface area contributed by atoms with Gasteiger partial charge >= 0.3 is 0 Å². The number of rotatable bonds is 6. The summed E-state index contributed by atoms with van der Waals surface area (Å²) < 4.78 is 16.5. The quantitative estimate of drug-likeness (QED) is 0.401. The van der Waals surface area contributed by atoms with Crippen LogP contribution in [0.25, 0.3) is 22.5 Å². The van der Waals surface area contributed by atoms with Gasteiger partial charge in [-0.3, -0.25) is 4.79 Å². The van der Waals surface area contributed by atoms with Crippen LogP contribution in [0, 0.1) is 0 Å². The van der Waals surface area contributed by atoms with E-state index in [2.05, 4.69) is 15.1 Å². The van der Waals surface area contributed by atoms with Gasteiger partial charge in [0.2, 0.25) is 11.8 Å². The molecule has 0 saturated heterocycles. The molecular weight excluding hydrogens is 432 g/mol. The molecule has 8 nitrogen and oxygen atoms in total. The van der Waals surface area contributed by atoms with Crippen molar-refractivity contribution in [1.82, 2.24) is 15.1 Å². The number of amides is 1. The van der Waals surface area contributed by atoms with Gasteiger partial charge in [-0.2, -0.15) is 0 Å². The predicted molar refractivity (Wildman–Crippen MR) is 120 cm³/mol. The van der Waals surface area contributed by atoms with Crippen LogP contribution < -0.4 is 14.4 Å². The molecule has 0 bridgehead atoms. The number of carbonyl (C=O) groups excluding carboxylic acids is 1. The van der Waals surface area contributed by atoms with Gasteiger partial charge in [-0.15, -0.1) is 0 Å². The van der Waals surface area contributed by atoms with Crippen molar-refractivity contribution in [3.05, 3.63) is 66.1 Å². The number of hydrogen-bond acceptors (Lipinski definition) is 7. The summed E-state index contributed by atoms with van der Waals surface area (Å²) in [6, 6.07) is 14.0. The fourth-order valence-corrected chi connectivity index (χ4v) is 3.40. The normalized spacial score (nSPS) is 10.6. The summed E-state index contributed by atoms with van der Waals surface area (Å²) in [5, 5.41) is 4.86. The van der Waals surface area contributed by atoms with Gasteiger partial charge in [0.15, 0.2) is 0 Å². The maximum absolute atomic E-state index is 12.8. The van der Waals surface area contributed by atoms with E-state index < -0.39 is 0 Å². The molecule has 0 N–H and O–H groups in total. The van der Waals surface area contributed by atoms with E-state index in [1.165, 1.54) is 32.4 Å². The van der Waals surface area contributed by atoms with E-state index >= 15 is 0 Å². The third-order valence-corrected chi connectivity index (χ3v) is 4.99. The first-order valence-corrected chi connectivity index (χ1v) is 9.95. The molecule has 0 aliphatic carbocycles. The van der Waals surface area contributed by atoms with Crippen molar-refractivity contribution < 1.29 is 18.8 Å². The van der Waals surface area contributed by atoms with E-state index in [4.69, 9.17) is 25.6 Å². The van der Waals surface area contributed by atoms with Gasteiger partial charge in [-0.05, 0) is 18.2 Å². The smallest absolute Gasteiger partial charge is 0.248 e. The highest BCUT2D eigenvalue weighted by Crippen LogP contribution is 2.42. The first-order chi connectivity index (χ1) is 15.5. The van der Waals surface area contributed by atoms with Gasteiger partial charge in [-0.1, -0.05) is 28.9 Å². The number of methoxy groups -OCH3 is 2. The molecule has 1 amide bonds. The second kappa shape index (κ2) is 9.07. The second-order valence-corrected chi connectivity index (χ2v) is 7.17. The van der Waals surface area contributed by atoms with Crippen molar-refractivity contribution in [2.24, 2.45) is 0 Å². The summed E-state index contributed by atoms with van der Waals surface area (Å²) in [7, 11) is 3.08. The lowest BCUT2D eigenvalue weighted by molar-refractivity contribution is -0.116. The molecule has 2 heterocycles. The minimum Gasteiger partial charge on any atom is -0.497 e. The molecule has 4 rings (SSSR count). The standard InChI is InChI=1S/C23H19ClN4O4/c1-14(29)28(17-10-18(30-2)12-19(11-17)31-3)23-21(20-8-9-25-13-26-20)22(27-32-23)15-4-6-16(24)7-5-15/h4-13H,1-3H3. The third-order valence-electron chi connectivity index (χ3n) is 4.74. The summed E-state index contributed by atoms with van der Waals surface area (Å²) in [6.45, 7) is 1.43. The average molecular weight is 451 g/mol. The Morgan fingerprint density at radius 1 is 1.03 bits per heavy atom. The summed E-state index contributed by atoms with van der Waals surface area (Å²) in [6.07, 6.45) is 3.03. The Morgan fingerprint density at radius 3 is 2.28 bits per heavy atom. The first kappa shape index (κ1) is 21.3. The fraction of sp³-hybridized carbons (Fsp3) is 0.130. The SMILES string of the molecule is COc1cc(OC)cc(N(C(C)=O)c2onc(-c3ccc(Cl)cc3)c2-c2ccncn2)c1. The van der Waals surface area contributed by atoms with Crippen molar-refractivity contribution in [1.29, 1.82) is 0 Å². The zero-order valence-corrected chi connectivity index (χ0v) is 18.3. The lowest BCUT2D eigenvalue weighted by Crippen LogP contribution is -2.23. The molecule has 32 heavy (non-hydrogen) atoms. The largest absolute Gasteiger partial charge is 0.497 e. The Morgan fingerprint density at radius 2 is 1.72 bits per heavy atom. The Kier molecular flexibility index (Phi) is 6.04. The van der Waals surface area contributed by atoms with E-state index in [0.29, 0.717) is 39.2 Å². The third kappa shape index (κ3) is 4.13. The molecular formula is C23H19ClN4O4. The molecule has 0 aliphatic heterocycles. The highest BCUT2D eigenvalue weighted by Gasteiger charge is 2.29. The summed E-state index contributed by atoms with van der Waals surface area (Å²) in [4.78, 5) is 22.6. The minimum atomic E-state index is -0.297. The van der Waals surface area contributed by atoms with Crippen molar-refractivity contribution in [2.45, 2.75) is 6.92 Å². The van der Waals surface area contributed by atoms with Gasteiger partial charge in [0.05, 0.1) is 31.2 Å². The van der Waals surface area contributed by atoms with Crippen LogP contribution in [0.2, 0.25) is 5.02 Å². The van der Waals surface area contributed by atoms with E-state index in [1.807, 2.05) is 12.1 Å². The lowest BCUT2D eigenvalue weighted by Gasteiger charge is -2.20. The Labute approximate surface area is 189 Å². The van der Waals surface area contributed by atoms with Gasteiger partial charge in [0.1, 0.15) is 23.5 Å². The van der Waals surface area contributed by atoms with E-state index in [-0.39, 0.29) is 11.8 Å². The van der Waals surface area contributed by atoms with Gasteiger partial charge in [-0.25, -0.2) is 14.9 Å². The lowest BCUT2D eigenvalue weighted by atomic mass is 10.0. The average Bonchev–Trinajstić information content (AvgIpc) is 3.24. The van der Waals surface area contributed by atoms with Crippen molar-refractivity contribution in [3.63, 3.8) is 0 Å². The first-order valence-electron chi connectivity index (χ1n) is 9.57. The molecule has 0 atom stereocenters. The predicted octanol–water partition coefficient (Wildman–Crippen LogP) is 5.15. The number of aromatic nitrogens is 3. The maximum Gasteiger partial charge on any atom is 0.248 e. The molecule has 2 aromatic heterocycles. The number of ether oxygens (including phenoxy) is 2. The molecule has 4 aromatic rings. The van der Waals surface area contributed by atoms with Crippen LogP contribution in [0.5, 0.6) is 11.5 Å². The molecule has 2 aromatic carbocycles. The number of benzene rings is 2. The number of carbonyl (C=O) groups is 1. The Hall–Kier alpha value is -3.91. The Bertz CT molecular complexity index is 1220. The summed E-state index contributed by atoms with van der Waals surface area (Å²) >= 11 is 6.05. The molecule has 162 valence electrons. The van der Waals surface area contributed by atoms with Crippen molar-refractivity contribution in [3.8, 4) is 34.0 Å². The van der Waals surface area contributed by atoms with E-state index in [0.717, 1.165) is 5.56 Å². The number of halogens is 1. The van der Waals surface area contributed by atoms with E-state index in [1.54, 1.807) is 42.6 Å². The van der Waals surface area contributed by atoms with Crippen LogP contribution in [-0.2, 0) is 4.79 Å². The zero-order valence-electron chi connectivity index (χ0n) is 17.6. The van der Waals surface area contributed by atoms with Gasteiger partial charge < -0.3 is 14.0 Å². The molecule has 0 aliphatic rings. The van der Waals surface area contributed by atoms with E-state index in [9.17, 15) is 4.79 Å². The van der Waals surface area contributed by atoms with Crippen LogP contribution in [0.15, 0.2) is 65.6 Å². The molecule has 0 fully saturated rings. The molecule has 0 unspecified atom stereocenters. The van der Waals surface area contributed by atoms with Crippen LogP contribution in [0.4, 0.5) is 11.6 Å². The highest BCUT2D eigenvalue weighted by atomic mass is 35.5. The number of nitrogens with zero attached hydrogens (tertiary/aromatic N) is 4. The topological polar surface area (TPSA) is 90.6 Å². The molecule has 0 spiro atoms. The summed E-state index contributed by atoms with van der Waals surface area (Å²) in [5.41, 5.74) is 2.83. The highest BCUT2D eigenvalue weighted by molar-refractivity contribution is 6.30. The zero-order chi connectivity index (χ0) is 22.7. The number of hydrogen-bond donors (Lipinski definition) is 0. The molecule has 9 heteroatoms. The minimum absolute atomic E-state index is 0.205. The maximum atomic E-state index is 12.8. The molecule has 0 radical (unpaired) electrons. The summed E-state index contributed by atoms with van der Waals surface area (Å²) in [5.74, 6) is 0.948. The monoisotopic (exact) mass is 450 g/mol. The van der Waals surface area contributed by atoms with Crippen LogP contribution in [-0.4, -0.2) is 35.3 Å².